The minimum absolute atomic E-state index is 0.281. The van der Waals surface area contributed by atoms with E-state index >= 15 is 0 Å². The van der Waals surface area contributed by atoms with E-state index in [1.807, 2.05) is 42.2 Å². The normalized spacial score (nSPS) is 17.9. The van der Waals surface area contributed by atoms with Gasteiger partial charge in [0, 0.05) is 37.5 Å². The van der Waals surface area contributed by atoms with E-state index in [-0.39, 0.29) is 5.92 Å². The summed E-state index contributed by atoms with van der Waals surface area (Å²) in [7, 11) is 3.59. The highest BCUT2D eigenvalue weighted by atomic mass is 16.5. The lowest BCUT2D eigenvalue weighted by atomic mass is 10.1. The molecule has 0 bridgehead atoms. The molecule has 0 aliphatic carbocycles. The Morgan fingerprint density at radius 3 is 3.08 bits per heavy atom. The Hall–Kier alpha value is -2.67. The predicted octanol–water partition coefficient (Wildman–Crippen LogP) is 2.47. The fourth-order valence-corrected chi connectivity index (χ4v) is 3.27. The number of ether oxygens (including phenoxy) is 1. The molecule has 3 aromatic rings. The Kier molecular flexibility index (Phi) is 4.23. The summed E-state index contributed by atoms with van der Waals surface area (Å²) in [5, 5.41) is 8.37. The van der Waals surface area contributed by atoms with Crippen LogP contribution in [-0.4, -0.2) is 45.0 Å². The van der Waals surface area contributed by atoms with Crippen LogP contribution in [0.25, 0.3) is 11.4 Å². The highest BCUT2D eigenvalue weighted by Gasteiger charge is 2.28. The standard InChI is InChI=1S/C18H21N5O2/c1-22-10-13(9-19-22)11-23-7-6-15(12-23)18-20-17(21-25-18)14-4-3-5-16(8-14)24-2/h3-5,8-10,15H,6-7,11-12H2,1-2H3. The van der Waals surface area contributed by atoms with Crippen LogP contribution in [0.4, 0.5) is 0 Å². The van der Waals surface area contributed by atoms with Gasteiger partial charge in [-0.25, -0.2) is 0 Å². The molecule has 25 heavy (non-hydrogen) atoms. The van der Waals surface area contributed by atoms with Crippen molar-refractivity contribution in [2.75, 3.05) is 20.2 Å². The number of nitrogens with zero attached hydrogens (tertiary/aromatic N) is 5. The second-order valence-corrected chi connectivity index (χ2v) is 6.43. The summed E-state index contributed by atoms with van der Waals surface area (Å²) in [6, 6.07) is 7.70. The topological polar surface area (TPSA) is 69.2 Å². The number of methoxy groups -OCH3 is 1. The van der Waals surface area contributed by atoms with E-state index in [0.717, 1.165) is 37.4 Å². The van der Waals surface area contributed by atoms with E-state index in [0.29, 0.717) is 11.7 Å². The van der Waals surface area contributed by atoms with Gasteiger partial charge in [0.15, 0.2) is 0 Å². The molecule has 0 spiro atoms. The summed E-state index contributed by atoms with van der Waals surface area (Å²) >= 11 is 0. The molecule has 1 atom stereocenters. The molecule has 0 amide bonds. The van der Waals surface area contributed by atoms with Crippen molar-refractivity contribution in [2.24, 2.45) is 7.05 Å². The van der Waals surface area contributed by atoms with Crippen LogP contribution in [-0.2, 0) is 13.6 Å². The average molecular weight is 339 g/mol. The Morgan fingerprint density at radius 2 is 2.28 bits per heavy atom. The first kappa shape index (κ1) is 15.8. The van der Waals surface area contributed by atoms with E-state index < -0.39 is 0 Å². The van der Waals surface area contributed by atoms with Crippen molar-refractivity contribution in [2.45, 2.75) is 18.9 Å². The van der Waals surface area contributed by atoms with Crippen molar-refractivity contribution in [3.63, 3.8) is 0 Å². The van der Waals surface area contributed by atoms with Crippen LogP contribution in [0.2, 0.25) is 0 Å². The molecule has 0 N–H and O–H groups in total. The van der Waals surface area contributed by atoms with Crippen LogP contribution >= 0.6 is 0 Å². The SMILES string of the molecule is COc1cccc(-c2noc(C3CCN(Cc4cnn(C)c4)C3)n2)c1. The van der Waals surface area contributed by atoms with Gasteiger partial charge < -0.3 is 9.26 Å². The summed E-state index contributed by atoms with van der Waals surface area (Å²) < 4.78 is 12.6. The van der Waals surface area contributed by atoms with Gasteiger partial charge >= 0.3 is 0 Å². The van der Waals surface area contributed by atoms with Crippen LogP contribution in [0, 0.1) is 0 Å². The molecule has 1 unspecified atom stereocenters. The molecule has 7 heteroatoms. The molecular weight excluding hydrogens is 318 g/mol. The van der Waals surface area contributed by atoms with Gasteiger partial charge in [-0.2, -0.15) is 10.1 Å². The van der Waals surface area contributed by atoms with E-state index in [1.54, 1.807) is 7.11 Å². The number of benzene rings is 1. The first-order valence-electron chi connectivity index (χ1n) is 8.39. The third kappa shape index (κ3) is 3.41. The fraction of sp³-hybridized carbons (Fsp3) is 0.389. The van der Waals surface area contributed by atoms with Gasteiger partial charge in [-0.05, 0) is 25.1 Å². The summed E-state index contributed by atoms with van der Waals surface area (Å²) in [5.41, 5.74) is 2.13. The Morgan fingerprint density at radius 1 is 1.36 bits per heavy atom. The van der Waals surface area contributed by atoms with Crippen LogP contribution in [0.3, 0.4) is 0 Å². The zero-order valence-corrected chi connectivity index (χ0v) is 14.4. The van der Waals surface area contributed by atoms with E-state index in [9.17, 15) is 0 Å². The van der Waals surface area contributed by atoms with Crippen LogP contribution < -0.4 is 4.74 Å². The lowest BCUT2D eigenvalue weighted by Gasteiger charge is -2.13. The molecule has 1 aliphatic heterocycles. The van der Waals surface area contributed by atoms with Crippen LogP contribution in [0.15, 0.2) is 41.2 Å². The minimum Gasteiger partial charge on any atom is -0.497 e. The van der Waals surface area contributed by atoms with Gasteiger partial charge in [0.05, 0.1) is 19.2 Å². The molecule has 7 nitrogen and oxygen atoms in total. The number of hydrogen-bond donors (Lipinski definition) is 0. The molecule has 1 saturated heterocycles. The monoisotopic (exact) mass is 339 g/mol. The van der Waals surface area contributed by atoms with Crippen molar-refractivity contribution < 1.29 is 9.26 Å². The smallest absolute Gasteiger partial charge is 0.231 e. The largest absolute Gasteiger partial charge is 0.497 e. The summed E-state index contributed by atoms with van der Waals surface area (Å²) in [6.45, 7) is 2.85. The number of rotatable bonds is 5. The average Bonchev–Trinajstić information content (AvgIpc) is 3.36. The maximum atomic E-state index is 5.53. The van der Waals surface area contributed by atoms with Gasteiger partial charge in [0.1, 0.15) is 5.75 Å². The molecule has 1 aromatic carbocycles. The molecule has 2 aromatic heterocycles. The van der Waals surface area contributed by atoms with Crippen molar-refractivity contribution in [1.82, 2.24) is 24.8 Å². The Balaban J connectivity index is 1.44. The van der Waals surface area contributed by atoms with Crippen molar-refractivity contribution in [3.05, 3.63) is 48.1 Å². The van der Waals surface area contributed by atoms with Gasteiger partial charge in [0.25, 0.3) is 0 Å². The Bertz CT molecular complexity index is 857. The van der Waals surface area contributed by atoms with Crippen molar-refractivity contribution >= 4 is 0 Å². The molecule has 1 aliphatic rings. The molecule has 3 heterocycles. The van der Waals surface area contributed by atoms with Gasteiger partial charge in [0.2, 0.25) is 11.7 Å². The predicted molar refractivity (Wildman–Crippen MR) is 92.1 cm³/mol. The zero-order chi connectivity index (χ0) is 17.2. The maximum absolute atomic E-state index is 5.53. The fourth-order valence-electron chi connectivity index (χ4n) is 3.27. The second kappa shape index (κ2) is 6.68. The van der Waals surface area contributed by atoms with E-state index in [2.05, 4.69) is 26.3 Å². The molecule has 130 valence electrons. The lowest BCUT2D eigenvalue weighted by molar-refractivity contribution is 0.309. The minimum atomic E-state index is 0.281. The van der Waals surface area contributed by atoms with Crippen LogP contribution in [0.1, 0.15) is 23.8 Å². The number of aryl methyl sites for hydroxylation is 1. The van der Waals surface area contributed by atoms with Gasteiger partial charge in [-0.15, -0.1) is 0 Å². The van der Waals surface area contributed by atoms with Crippen LogP contribution in [0.5, 0.6) is 5.75 Å². The molecule has 0 saturated carbocycles. The second-order valence-electron chi connectivity index (χ2n) is 6.43. The first-order chi connectivity index (χ1) is 12.2. The molecular formula is C18H21N5O2. The van der Waals surface area contributed by atoms with Gasteiger partial charge in [-0.3, -0.25) is 9.58 Å². The third-order valence-electron chi connectivity index (χ3n) is 4.56. The van der Waals surface area contributed by atoms with E-state index in [4.69, 9.17) is 9.26 Å². The Labute approximate surface area is 146 Å². The van der Waals surface area contributed by atoms with Crippen molar-refractivity contribution in [1.29, 1.82) is 0 Å². The molecule has 4 rings (SSSR count). The highest BCUT2D eigenvalue weighted by Crippen LogP contribution is 2.29. The lowest BCUT2D eigenvalue weighted by Crippen LogP contribution is -2.19. The van der Waals surface area contributed by atoms with E-state index in [1.165, 1.54) is 5.56 Å². The molecule has 1 fully saturated rings. The number of hydrogen-bond acceptors (Lipinski definition) is 6. The maximum Gasteiger partial charge on any atom is 0.231 e. The quantitative estimate of drug-likeness (QED) is 0.711. The number of likely N-dealkylation sites (tertiary alicyclic amines) is 1. The van der Waals surface area contributed by atoms with Gasteiger partial charge in [-0.1, -0.05) is 17.3 Å². The first-order valence-corrected chi connectivity index (χ1v) is 8.39. The summed E-state index contributed by atoms with van der Waals surface area (Å²) in [6.07, 6.45) is 5.00. The molecule has 0 radical (unpaired) electrons. The summed E-state index contributed by atoms with van der Waals surface area (Å²) in [5.74, 6) is 2.39. The highest BCUT2D eigenvalue weighted by molar-refractivity contribution is 5.56. The number of aromatic nitrogens is 4. The van der Waals surface area contributed by atoms with Crippen molar-refractivity contribution in [3.8, 4) is 17.1 Å². The zero-order valence-electron chi connectivity index (χ0n) is 14.4. The third-order valence-corrected chi connectivity index (χ3v) is 4.56. The summed E-state index contributed by atoms with van der Waals surface area (Å²) in [4.78, 5) is 7.01.